The topological polar surface area (TPSA) is 123 Å². The summed E-state index contributed by atoms with van der Waals surface area (Å²) in [6.45, 7) is 0.437. The van der Waals surface area contributed by atoms with Gasteiger partial charge in [-0.25, -0.2) is 4.39 Å². The molecule has 3 aromatic carbocycles. The van der Waals surface area contributed by atoms with Gasteiger partial charge in [-0.3, -0.25) is 19.2 Å². The van der Waals surface area contributed by atoms with E-state index < -0.39 is 29.8 Å². The van der Waals surface area contributed by atoms with Crippen molar-refractivity contribution in [3.63, 3.8) is 0 Å². The Morgan fingerprint density at radius 3 is 2.56 bits per heavy atom. The van der Waals surface area contributed by atoms with E-state index in [-0.39, 0.29) is 56.5 Å². The van der Waals surface area contributed by atoms with Crippen molar-refractivity contribution in [2.75, 3.05) is 26.8 Å². The van der Waals surface area contributed by atoms with Crippen LogP contribution in [-0.2, 0) is 25.7 Å². The first-order chi connectivity index (χ1) is 20.8. The number of esters is 1. The predicted octanol–water partition coefficient (Wildman–Crippen LogP) is 3.23. The van der Waals surface area contributed by atoms with E-state index in [1.807, 2.05) is 0 Å². The molecule has 2 N–H and O–H groups in total. The number of ether oxygens (including phenoxy) is 3. The number of hydrogen-bond donors (Lipinski definition) is 2. The Kier molecular flexibility index (Phi) is 9.19. The van der Waals surface area contributed by atoms with Gasteiger partial charge >= 0.3 is 5.97 Å². The molecular weight excluding hydrogens is 557 g/mol. The molecule has 3 aliphatic heterocycles. The lowest BCUT2D eigenvalue weighted by Crippen LogP contribution is -2.45. The maximum atomic E-state index is 15.0. The average molecular weight is 590 g/mol. The number of carbonyl (C=O) groups excluding carboxylic acids is 4. The minimum absolute atomic E-state index is 0.119. The van der Waals surface area contributed by atoms with Crippen molar-refractivity contribution >= 4 is 23.7 Å². The zero-order valence-corrected chi connectivity index (χ0v) is 23.6. The van der Waals surface area contributed by atoms with Gasteiger partial charge in [-0.15, -0.1) is 0 Å². The van der Waals surface area contributed by atoms with Gasteiger partial charge in [0.15, 0.2) is 6.61 Å². The first-order valence-corrected chi connectivity index (χ1v) is 14.0. The molecule has 6 bridgehead atoms. The van der Waals surface area contributed by atoms with E-state index in [1.54, 1.807) is 59.5 Å². The Bertz CT molecular complexity index is 1510. The van der Waals surface area contributed by atoms with Crippen LogP contribution in [0, 0.1) is 5.82 Å². The van der Waals surface area contributed by atoms with Crippen LogP contribution in [-0.4, -0.2) is 67.5 Å². The molecule has 0 aromatic heterocycles. The largest absolute Gasteiger partial charge is 0.486 e. The molecule has 0 spiro atoms. The van der Waals surface area contributed by atoms with Gasteiger partial charge in [0.1, 0.15) is 23.4 Å². The number of nitrogens with one attached hydrogen (secondary N) is 2. The second-order valence-corrected chi connectivity index (χ2v) is 10.4. The highest BCUT2D eigenvalue weighted by Crippen LogP contribution is 2.27. The van der Waals surface area contributed by atoms with Crippen molar-refractivity contribution in [2.24, 2.45) is 0 Å². The molecule has 6 rings (SSSR count). The van der Waals surface area contributed by atoms with Crippen molar-refractivity contribution in [3.05, 3.63) is 83.7 Å². The number of carbonyl (C=O) groups is 4. The van der Waals surface area contributed by atoms with Crippen LogP contribution in [0.4, 0.5) is 4.39 Å². The third-order valence-corrected chi connectivity index (χ3v) is 7.38. The van der Waals surface area contributed by atoms with Crippen LogP contribution in [0.3, 0.4) is 0 Å². The van der Waals surface area contributed by atoms with Gasteiger partial charge in [-0.05, 0) is 59.5 Å². The molecule has 0 unspecified atom stereocenters. The second-order valence-electron chi connectivity index (χ2n) is 10.4. The van der Waals surface area contributed by atoms with Gasteiger partial charge in [0, 0.05) is 25.9 Å². The molecule has 2 atom stereocenters. The zero-order valence-electron chi connectivity index (χ0n) is 23.6. The molecular formula is C32H32FN3O7. The van der Waals surface area contributed by atoms with E-state index in [0.29, 0.717) is 29.0 Å². The Balaban J connectivity index is 1.42. The van der Waals surface area contributed by atoms with Gasteiger partial charge in [-0.2, -0.15) is 0 Å². The summed E-state index contributed by atoms with van der Waals surface area (Å²) in [7, 11) is 1.29. The first-order valence-electron chi connectivity index (χ1n) is 14.0. The molecule has 11 heteroatoms. The molecule has 0 radical (unpaired) electrons. The predicted molar refractivity (Wildman–Crippen MR) is 154 cm³/mol. The maximum Gasteiger partial charge on any atom is 0.305 e. The van der Waals surface area contributed by atoms with E-state index in [1.165, 1.54) is 19.2 Å². The zero-order chi connectivity index (χ0) is 30.3. The Hall–Kier alpha value is -4.93. The second kappa shape index (κ2) is 13.4. The fourth-order valence-electron chi connectivity index (χ4n) is 5.03. The molecule has 1 saturated heterocycles. The summed E-state index contributed by atoms with van der Waals surface area (Å²) in [4.78, 5) is 51.8. The highest BCUT2D eigenvalue weighted by atomic mass is 19.1. The van der Waals surface area contributed by atoms with Gasteiger partial charge in [0.2, 0.25) is 5.91 Å². The quantitative estimate of drug-likeness (QED) is 0.448. The third kappa shape index (κ3) is 7.48. The number of likely N-dealkylation sites (tertiary alicyclic amines) is 1. The molecule has 3 heterocycles. The Morgan fingerprint density at radius 2 is 1.77 bits per heavy atom. The first kappa shape index (κ1) is 29.6. The highest BCUT2D eigenvalue weighted by molar-refractivity contribution is 5.96. The normalized spacial score (nSPS) is 18.4. The molecule has 0 saturated carbocycles. The average Bonchev–Trinajstić information content (AvgIpc) is 3.41. The summed E-state index contributed by atoms with van der Waals surface area (Å²) in [5.41, 5.74) is 1.93. The van der Waals surface area contributed by atoms with E-state index in [2.05, 4.69) is 15.4 Å². The monoisotopic (exact) mass is 589 g/mol. The van der Waals surface area contributed by atoms with Crippen LogP contribution >= 0.6 is 0 Å². The Morgan fingerprint density at radius 1 is 0.977 bits per heavy atom. The number of rotatable bonds is 4. The van der Waals surface area contributed by atoms with Crippen molar-refractivity contribution in [3.8, 4) is 22.6 Å². The lowest BCUT2D eigenvalue weighted by Gasteiger charge is -2.21. The molecule has 3 amide bonds. The maximum absolute atomic E-state index is 15.0. The van der Waals surface area contributed by atoms with Crippen LogP contribution in [0.2, 0.25) is 0 Å². The number of fused-ring (bicyclic) bond motifs is 7. The number of hydrogen-bond acceptors (Lipinski definition) is 7. The standard InChI is InChI=1S/C32H32FN3O7/c1-41-31(39)7-3-6-30(38)36-17-27-28(18-36)43-23-11-8-20(9-12-23)16-34-29(37)19-42-24-5-2-4-21(14-24)22-10-13-26(33)25(15-22)32(40)35-27/h2,4-5,8-15,27-28H,3,6-7,16-19H2,1H3,(H,34,37)(H,35,40)/t27-,28-/m0/s1. The fourth-order valence-corrected chi connectivity index (χ4v) is 5.03. The number of benzene rings is 3. The summed E-state index contributed by atoms with van der Waals surface area (Å²) >= 11 is 0. The number of halogens is 1. The summed E-state index contributed by atoms with van der Waals surface area (Å²) in [6.07, 6.45) is -0.0484. The number of amides is 3. The number of methoxy groups -OCH3 is 1. The third-order valence-electron chi connectivity index (χ3n) is 7.38. The van der Waals surface area contributed by atoms with E-state index >= 15 is 0 Å². The van der Waals surface area contributed by atoms with Crippen LogP contribution in [0.25, 0.3) is 11.1 Å². The van der Waals surface area contributed by atoms with Crippen molar-refractivity contribution in [1.29, 1.82) is 0 Å². The molecule has 224 valence electrons. The fraction of sp³-hybridized carbons (Fsp3) is 0.312. The minimum atomic E-state index is -0.700. The Labute approximate surface area is 248 Å². The van der Waals surface area contributed by atoms with Gasteiger partial charge < -0.3 is 29.7 Å². The highest BCUT2D eigenvalue weighted by Gasteiger charge is 2.38. The van der Waals surface area contributed by atoms with Crippen LogP contribution < -0.4 is 20.1 Å². The van der Waals surface area contributed by atoms with Gasteiger partial charge in [-0.1, -0.05) is 30.3 Å². The summed E-state index contributed by atoms with van der Waals surface area (Å²) < 4.78 is 31.5. The van der Waals surface area contributed by atoms with Crippen LogP contribution in [0.15, 0.2) is 66.7 Å². The molecule has 43 heavy (non-hydrogen) atoms. The van der Waals surface area contributed by atoms with Crippen molar-refractivity contribution in [1.82, 2.24) is 15.5 Å². The van der Waals surface area contributed by atoms with Gasteiger partial charge in [0.05, 0.1) is 25.3 Å². The summed E-state index contributed by atoms with van der Waals surface area (Å²) in [5.74, 6) is -1.28. The molecule has 1 fully saturated rings. The smallest absolute Gasteiger partial charge is 0.305 e. The van der Waals surface area contributed by atoms with Crippen LogP contribution in [0.5, 0.6) is 11.5 Å². The van der Waals surface area contributed by atoms with E-state index in [4.69, 9.17) is 9.47 Å². The lowest BCUT2D eigenvalue weighted by atomic mass is 10.0. The minimum Gasteiger partial charge on any atom is -0.486 e. The van der Waals surface area contributed by atoms with Crippen molar-refractivity contribution in [2.45, 2.75) is 38.0 Å². The number of nitrogens with zero attached hydrogens (tertiary/aromatic N) is 1. The van der Waals surface area contributed by atoms with E-state index in [9.17, 15) is 23.6 Å². The lowest BCUT2D eigenvalue weighted by molar-refractivity contribution is -0.141. The summed E-state index contributed by atoms with van der Waals surface area (Å²) in [6, 6.07) is 17.6. The molecule has 3 aliphatic rings. The SMILES string of the molecule is COC(=O)CCCC(=O)N1C[C@@H]2NC(=O)c3cc(ccc3F)-c3cccc(c3)OCC(=O)NCc3ccc(cc3)O[C@H]2C1. The summed E-state index contributed by atoms with van der Waals surface area (Å²) in [5, 5.41) is 5.70. The van der Waals surface area contributed by atoms with Crippen LogP contribution in [0.1, 0.15) is 35.2 Å². The van der Waals surface area contributed by atoms with Gasteiger partial charge in [0.25, 0.3) is 11.8 Å². The molecule has 0 aliphatic carbocycles. The molecule has 3 aromatic rings. The molecule has 10 nitrogen and oxygen atoms in total. The van der Waals surface area contributed by atoms with Crippen molar-refractivity contribution < 1.29 is 37.8 Å². The van der Waals surface area contributed by atoms with E-state index in [0.717, 1.165) is 5.56 Å².